The van der Waals surface area contributed by atoms with E-state index in [-0.39, 0.29) is 0 Å². The van der Waals surface area contributed by atoms with E-state index in [4.69, 9.17) is 5.73 Å². The summed E-state index contributed by atoms with van der Waals surface area (Å²) in [6, 6.07) is 4.74. The summed E-state index contributed by atoms with van der Waals surface area (Å²) in [5, 5.41) is 8.14. The Labute approximate surface area is 113 Å². The Kier molecular flexibility index (Phi) is 3.06. The molecule has 1 aliphatic heterocycles. The van der Waals surface area contributed by atoms with Gasteiger partial charge in [0, 0.05) is 37.6 Å². The maximum absolute atomic E-state index is 6.17. The molecule has 102 valence electrons. The van der Waals surface area contributed by atoms with Crippen molar-refractivity contribution in [3.05, 3.63) is 18.3 Å². The molecule has 0 saturated carbocycles. The molecule has 3 N–H and O–H groups in total. The van der Waals surface area contributed by atoms with E-state index >= 15 is 0 Å². The molecule has 0 amide bonds. The van der Waals surface area contributed by atoms with Crippen molar-refractivity contribution in [3.8, 4) is 0 Å². The average Bonchev–Trinajstić information content (AvgIpc) is 2.85. The van der Waals surface area contributed by atoms with Crippen LogP contribution in [0.3, 0.4) is 0 Å². The molecule has 0 unspecified atom stereocenters. The van der Waals surface area contributed by atoms with E-state index in [1.54, 1.807) is 0 Å². The minimum atomic E-state index is 0.620. The number of nitrogens with zero attached hydrogens (tertiary/aromatic N) is 3. The fourth-order valence-corrected chi connectivity index (χ4v) is 2.75. The van der Waals surface area contributed by atoms with Crippen molar-refractivity contribution in [3.63, 3.8) is 0 Å². The highest BCUT2D eigenvalue weighted by Crippen LogP contribution is 2.29. The van der Waals surface area contributed by atoms with Crippen LogP contribution in [0.4, 0.5) is 11.4 Å². The van der Waals surface area contributed by atoms with Gasteiger partial charge in [0.1, 0.15) is 0 Å². The second kappa shape index (κ2) is 4.74. The molecule has 0 spiro atoms. The predicted octanol–water partition coefficient (Wildman–Crippen LogP) is 1.68. The van der Waals surface area contributed by atoms with E-state index in [2.05, 4.69) is 39.9 Å². The first-order chi connectivity index (χ1) is 9.15. The molecular weight excluding hydrogens is 238 g/mol. The highest BCUT2D eigenvalue weighted by atomic mass is 15.3. The number of nitrogen functional groups attached to an aromatic ring is 1. The molecule has 1 saturated heterocycles. The van der Waals surface area contributed by atoms with Gasteiger partial charge in [-0.1, -0.05) is 0 Å². The molecule has 0 atom stereocenters. The van der Waals surface area contributed by atoms with Crippen LogP contribution in [0.15, 0.2) is 18.3 Å². The number of aromatic nitrogens is 2. The molecule has 1 aromatic carbocycles. The normalized spacial score (nSPS) is 17.5. The highest BCUT2D eigenvalue weighted by molar-refractivity contribution is 5.88. The second-order valence-electron chi connectivity index (χ2n) is 5.49. The number of nitrogens with two attached hydrogens (primary N) is 1. The topological polar surface area (TPSA) is 61.2 Å². The van der Waals surface area contributed by atoms with Crippen molar-refractivity contribution in [1.82, 2.24) is 15.1 Å². The Morgan fingerprint density at radius 3 is 2.63 bits per heavy atom. The zero-order valence-electron chi connectivity index (χ0n) is 11.6. The van der Waals surface area contributed by atoms with Gasteiger partial charge in [-0.15, -0.1) is 0 Å². The molecule has 1 fully saturated rings. The van der Waals surface area contributed by atoms with Crippen molar-refractivity contribution in [1.29, 1.82) is 0 Å². The van der Waals surface area contributed by atoms with Gasteiger partial charge in [0.2, 0.25) is 0 Å². The first-order valence-electron chi connectivity index (χ1n) is 6.87. The molecule has 2 aromatic rings. The van der Waals surface area contributed by atoms with E-state index in [0.29, 0.717) is 6.04 Å². The minimum Gasteiger partial charge on any atom is -0.397 e. The number of H-pyrrole nitrogens is 1. The Bertz CT molecular complexity index is 566. The van der Waals surface area contributed by atoms with E-state index in [1.165, 1.54) is 0 Å². The Balaban J connectivity index is 1.83. The van der Waals surface area contributed by atoms with Crippen LogP contribution in [0.1, 0.15) is 13.8 Å². The summed E-state index contributed by atoms with van der Waals surface area (Å²) in [5.74, 6) is 0. The van der Waals surface area contributed by atoms with Gasteiger partial charge >= 0.3 is 0 Å². The fraction of sp³-hybridized carbons (Fsp3) is 0.500. The number of anilines is 2. The van der Waals surface area contributed by atoms with Crippen molar-refractivity contribution < 1.29 is 0 Å². The van der Waals surface area contributed by atoms with Crippen LogP contribution in [0.2, 0.25) is 0 Å². The summed E-state index contributed by atoms with van der Waals surface area (Å²) < 4.78 is 0. The molecule has 2 heterocycles. The van der Waals surface area contributed by atoms with Gasteiger partial charge in [-0.05, 0) is 26.0 Å². The molecule has 0 aliphatic carbocycles. The number of rotatable bonds is 2. The minimum absolute atomic E-state index is 0.620. The molecule has 0 radical (unpaired) electrons. The molecular formula is C14H21N5. The first kappa shape index (κ1) is 12.3. The summed E-state index contributed by atoms with van der Waals surface area (Å²) in [7, 11) is 0. The van der Waals surface area contributed by atoms with Crippen LogP contribution >= 0.6 is 0 Å². The number of piperazine rings is 1. The summed E-state index contributed by atoms with van der Waals surface area (Å²) in [5.41, 5.74) is 9.19. The average molecular weight is 259 g/mol. The summed E-state index contributed by atoms with van der Waals surface area (Å²) in [6.07, 6.45) is 1.81. The van der Waals surface area contributed by atoms with Gasteiger partial charge in [0.05, 0.1) is 23.1 Å². The number of hydrogen-bond acceptors (Lipinski definition) is 4. The van der Waals surface area contributed by atoms with Crippen molar-refractivity contribution in [2.45, 2.75) is 19.9 Å². The molecule has 5 nitrogen and oxygen atoms in total. The Morgan fingerprint density at radius 2 is 1.95 bits per heavy atom. The van der Waals surface area contributed by atoms with Crippen LogP contribution in [-0.2, 0) is 0 Å². The first-order valence-corrected chi connectivity index (χ1v) is 6.87. The quantitative estimate of drug-likeness (QED) is 0.806. The van der Waals surface area contributed by atoms with Gasteiger partial charge in [0.15, 0.2) is 0 Å². The molecule has 1 aliphatic rings. The molecule has 5 heteroatoms. The molecule has 3 rings (SSSR count). The Hall–Kier alpha value is -1.75. The van der Waals surface area contributed by atoms with Crippen LogP contribution in [0.25, 0.3) is 10.9 Å². The molecule has 19 heavy (non-hydrogen) atoms. The lowest BCUT2D eigenvalue weighted by atomic mass is 10.1. The lowest BCUT2D eigenvalue weighted by Crippen LogP contribution is -2.49. The van der Waals surface area contributed by atoms with Crippen LogP contribution in [-0.4, -0.2) is 47.3 Å². The smallest absolute Gasteiger partial charge is 0.0672 e. The third-order valence-corrected chi connectivity index (χ3v) is 3.97. The van der Waals surface area contributed by atoms with Gasteiger partial charge in [-0.3, -0.25) is 10.00 Å². The lowest BCUT2D eigenvalue weighted by Gasteiger charge is -2.38. The van der Waals surface area contributed by atoms with E-state index in [9.17, 15) is 0 Å². The van der Waals surface area contributed by atoms with Crippen molar-refractivity contribution in [2.75, 3.05) is 36.8 Å². The van der Waals surface area contributed by atoms with E-state index in [1.807, 2.05) is 12.3 Å². The maximum atomic E-state index is 6.17. The predicted molar refractivity (Wildman–Crippen MR) is 79.4 cm³/mol. The summed E-state index contributed by atoms with van der Waals surface area (Å²) >= 11 is 0. The number of fused-ring (bicyclic) bond motifs is 1. The third kappa shape index (κ3) is 2.26. The second-order valence-corrected chi connectivity index (χ2v) is 5.49. The maximum Gasteiger partial charge on any atom is 0.0672 e. The van der Waals surface area contributed by atoms with E-state index in [0.717, 1.165) is 48.5 Å². The number of nitrogens with one attached hydrogen (secondary N) is 1. The van der Waals surface area contributed by atoms with Gasteiger partial charge in [-0.2, -0.15) is 5.10 Å². The SMILES string of the molecule is CC(C)N1CCN(c2cc3[nH]ncc3cc2N)CC1. The summed E-state index contributed by atoms with van der Waals surface area (Å²) in [6.45, 7) is 8.75. The number of benzene rings is 1. The summed E-state index contributed by atoms with van der Waals surface area (Å²) in [4.78, 5) is 4.87. The van der Waals surface area contributed by atoms with Crippen LogP contribution < -0.4 is 10.6 Å². The zero-order chi connectivity index (χ0) is 13.4. The third-order valence-electron chi connectivity index (χ3n) is 3.97. The van der Waals surface area contributed by atoms with Crippen LogP contribution in [0.5, 0.6) is 0 Å². The largest absolute Gasteiger partial charge is 0.397 e. The van der Waals surface area contributed by atoms with Gasteiger partial charge < -0.3 is 10.6 Å². The Morgan fingerprint density at radius 1 is 1.21 bits per heavy atom. The fourth-order valence-electron chi connectivity index (χ4n) is 2.75. The standard InChI is InChI=1S/C14H21N5/c1-10(2)18-3-5-19(6-4-18)14-8-13-11(7-12(14)15)9-16-17-13/h7-10H,3-6,15H2,1-2H3,(H,16,17). The lowest BCUT2D eigenvalue weighted by molar-refractivity contribution is 0.209. The number of aromatic amines is 1. The van der Waals surface area contributed by atoms with Crippen molar-refractivity contribution >= 4 is 22.3 Å². The van der Waals surface area contributed by atoms with Crippen molar-refractivity contribution in [2.24, 2.45) is 0 Å². The molecule has 0 bridgehead atoms. The van der Waals surface area contributed by atoms with E-state index < -0.39 is 0 Å². The van der Waals surface area contributed by atoms with Gasteiger partial charge in [0.25, 0.3) is 0 Å². The van der Waals surface area contributed by atoms with Crippen LogP contribution in [0, 0.1) is 0 Å². The monoisotopic (exact) mass is 259 g/mol. The van der Waals surface area contributed by atoms with Gasteiger partial charge in [-0.25, -0.2) is 0 Å². The highest BCUT2D eigenvalue weighted by Gasteiger charge is 2.20. The molecule has 1 aromatic heterocycles. The number of hydrogen-bond donors (Lipinski definition) is 2. The zero-order valence-corrected chi connectivity index (χ0v) is 11.6.